The Bertz CT molecular complexity index is 636. The minimum absolute atomic E-state index is 0.182. The first-order valence-corrected chi connectivity index (χ1v) is 7.42. The highest BCUT2D eigenvalue weighted by Crippen LogP contribution is 2.23. The van der Waals surface area contributed by atoms with Gasteiger partial charge in [0.05, 0.1) is 6.10 Å². The Morgan fingerprint density at radius 2 is 1.82 bits per heavy atom. The van der Waals surface area contributed by atoms with E-state index < -0.39 is 6.10 Å². The predicted molar refractivity (Wildman–Crippen MR) is 90.4 cm³/mol. The summed E-state index contributed by atoms with van der Waals surface area (Å²) in [6.07, 6.45) is -0.628. The van der Waals surface area contributed by atoms with Gasteiger partial charge in [-0.3, -0.25) is 4.79 Å². The summed E-state index contributed by atoms with van der Waals surface area (Å²) in [5.41, 5.74) is 3.01. The molecule has 0 heterocycles. The minimum Gasteiger partial charge on any atom is -0.389 e. The first kappa shape index (κ1) is 16.0. The molecule has 2 N–H and O–H groups in total. The van der Waals surface area contributed by atoms with Gasteiger partial charge in [-0.15, -0.1) is 0 Å². The van der Waals surface area contributed by atoms with Gasteiger partial charge >= 0.3 is 0 Å². The van der Waals surface area contributed by atoms with Gasteiger partial charge in [-0.2, -0.15) is 0 Å². The van der Waals surface area contributed by atoms with E-state index in [9.17, 15) is 9.90 Å². The van der Waals surface area contributed by atoms with Crippen LogP contribution in [0.25, 0.3) is 0 Å². The number of benzene rings is 2. The number of anilines is 2. The monoisotopic (exact) mass is 298 g/mol. The van der Waals surface area contributed by atoms with Gasteiger partial charge in [0, 0.05) is 36.1 Å². The van der Waals surface area contributed by atoms with Crippen LogP contribution in [0.5, 0.6) is 0 Å². The van der Waals surface area contributed by atoms with Crippen molar-refractivity contribution in [1.82, 2.24) is 0 Å². The van der Waals surface area contributed by atoms with Crippen LogP contribution in [-0.2, 0) is 0 Å². The van der Waals surface area contributed by atoms with Crippen molar-refractivity contribution in [3.8, 4) is 0 Å². The minimum atomic E-state index is -0.628. The van der Waals surface area contributed by atoms with Crippen molar-refractivity contribution in [3.63, 3.8) is 0 Å². The first-order chi connectivity index (χ1) is 10.5. The summed E-state index contributed by atoms with van der Waals surface area (Å²) in [5, 5.41) is 12.6. The van der Waals surface area contributed by atoms with E-state index in [0.29, 0.717) is 16.8 Å². The average Bonchev–Trinajstić information content (AvgIpc) is 2.54. The van der Waals surface area contributed by atoms with Gasteiger partial charge in [0.15, 0.2) is 0 Å². The lowest BCUT2D eigenvalue weighted by molar-refractivity contribution is 0.102. The van der Waals surface area contributed by atoms with Crippen LogP contribution in [0.4, 0.5) is 11.4 Å². The third-order valence-corrected chi connectivity index (χ3v) is 3.70. The number of carbonyl (C=O) groups excluding carboxylic acids is 1. The van der Waals surface area contributed by atoms with Gasteiger partial charge in [0.1, 0.15) is 0 Å². The van der Waals surface area contributed by atoms with Gasteiger partial charge in [-0.25, -0.2) is 0 Å². The van der Waals surface area contributed by atoms with E-state index in [0.717, 1.165) is 12.2 Å². The van der Waals surface area contributed by atoms with Crippen molar-refractivity contribution >= 4 is 17.3 Å². The number of carbonyl (C=O) groups is 1. The van der Waals surface area contributed by atoms with Crippen molar-refractivity contribution in [2.75, 3.05) is 23.8 Å². The lowest BCUT2D eigenvalue weighted by Crippen LogP contribution is -2.17. The molecule has 116 valence electrons. The third-order valence-electron chi connectivity index (χ3n) is 3.70. The molecule has 0 fully saturated rings. The Labute approximate surface area is 131 Å². The smallest absolute Gasteiger partial charge is 0.255 e. The fraction of sp³-hybridized carbons (Fsp3) is 0.278. The van der Waals surface area contributed by atoms with Crippen molar-refractivity contribution in [1.29, 1.82) is 0 Å². The number of nitrogens with zero attached hydrogens (tertiary/aromatic N) is 1. The number of aliphatic hydroxyl groups is 1. The first-order valence-electron chi connectivity index (χ1n) is 7.42. The molecule has 0 aliphatic carbocycles. The summed E-state index contributed by atoms with van der Waals surface area (Å²) in [5.74, 6) is -0.182. The Hall–Kier alpha value is -2.33. The molecule has 2 rings (SSSR count). The largest absolute Gasteiger partial charge is 0.389 e. The summed E-state index contributed by atoms with van der Waals surface area (Å²) >= 11 is 0. The topological polar surface area (TPSA) is 52.6 Å². The maximum absolute atomic E-state index is 12.3. The Morgan fingerprint density at radius 3 is 2.41 bits per heavy atom. The summed E-state index contributed by atoms with van der Waals surface area (Å²) in [4.78, 5) is 14.4. The van der Waals surface area contributed by atoms with E-state index in [1.54, 1.807) is 19.1 Å². The Kier molecular flexibility index (Phi) is 5.17. The van der Waals surface area contributed by atoms with Crippen molar-refractivity contribution in [2.45, 2.75) is 20.0 Å². The molecular formula is C18H22N2O2. The van der Waals surface area contributed by atoms with Crippen molar-refractivity contribution < 1.29 is 9.90 Å². The summed E-state index contributed by atoms with van der Waals surface area (Å²) in [6, 6.07) is 14.7. The highest BCUT2D eigenvalue weighted by Gasteiger charge is 2.11. The molecule has 0 saturated carbocycles. The molecule has 0 radical (unpaired) electrons. The van der Waals surface area contributed by atoms with Crippen LogP contribution in [0.2, 0.25) is 0 Å². The molecule has 0 aliphatic rings. The lowest BCUT2D eigenvalue weighted by atomic mass is 10.1. The molecule has 0 spiro atoms. The van der Waals surface area contributed by atoms with Crippen LogP contribution < -0.4 is 10.2 Å². The maximum atomic E-state index is 12.3. The number of hydrogen-bond acceptors (Lipinski definition) is 3. The van der Waals surface area contributed by atoms with Crippen LogP contribution in [0.15, 0.2) is 48.5 Å². The highest BCUT2D eigenvalue weighted by atomic mass is 16.3. The molecular weight excluding hydrogens is 276 g/mol. The van der Waals surface area contributed by atoms with Crippen LogP contribution >= 0.6 is 0 Å². The lowest BCUT2D eigenvalue weighted by Gasteiger charge is -2.17. The van der Waals surface area contributed by atoms with E-state index in [2.05, 4.69) is 17.1 Å². The van der Waals surface area contributed by atoms with Crippen LogP contribution in [0.1, 0.15) is 35.9 Å². The van der Waals surface area contributed by atoms with Crippen LogP contribution in [0, 0.1) is 0 Å². The molecule has 0 aromatic heterocycles. The third kappa shape index (κ3) is 3.65. The van der Waals surface area contributed by atoms with Crippen molar-refractivity contribution in [3.05, 3.63) is 59.7 Å². The molecule has 1 atom stereocenters. The number of rotatable bonds is 5. The molecule has 1 unspecified atom stereocenters. The summed E-state index contributed by atoms with van der Waals surface area (Å²) in [7, 11) is 2.01. The molecule has 0 saturated heterocycles. The quantitative estimate of drug-likeness (QED) is 0.889. The second-order valence-electron chi connectivity index (χ2n) is 5.28. The van der Waals surface area contributed by atoms with Gasteiger partial charge in [0.2, 0.25) is 0 Å². The van der Waals surface area contributed by atoms with E-state index in [1.165, 1.54) is 0 Å². The SMILES string of the molecule is CCN(C)c1ccc(C(=O)Nc2ccccc2C(C)O)cc1. The molecule has 2 aromatic rings. The molecule has 0 bridgehead atoms. The van der Waals surface area contributed by atoms with E-state index >= 15 is 0 Å². The maximum Gasteiger partial charge on any atom is 0.255 e. The van der Waals surface area contributed by atoms with Gasteiger partial charge in [-0.1, -0.05) is 18.2 Å². The molecule has 22 heavy (non-hydrogen) atoms. The summed E-state index contributed by atoms with van der Waals surface area (Å²) in [6.45, 7) is 4.67. The van der Waals surface area contributed by atoms with E-state index in [1.807, 2.05) is 43.4 Å². The van der Waals surface area contributed by atoms with Crippen LogP contribution in [-0.4, -0.2) is 24.6 Å². The Balaban J connectivity index is 2.16. The number of amides is 1. The second kappa shape index (κ2) is 7.09. The van der Waals surface area contributed by atoms with Crippen molar-refractivity contribution in [2.24, 2.45) is 0 Å². The highest BCUT2D eigenvalue weighted by molar-refractivity contribution is 6.04. The van der Waals surface area contributed by atoms with E-state index in [-0.39, 0.29) is 5.91 Å². The zero-order chi connectivity index (χ0) is 16.1. The summed E-state index contributed by atoms with van der Waals surface area (Å²) < 4.78 is 0. The molecule has 4 heteroatoms. The van der Waals surface area contributed by atoms with Gasteiger partial charge in [0.25, 0.3) is 5.91 Å². The number of para-hydroxylation sites is 1. The Morgan fingerprint density at radius 1 is 1.18 bits per heavy atom. The zero-order valence-corrected chi connectivity index (χ0v) is 13.2. The van der Waals surface area contributed by atoms with Crippen LogP contribution in [0.3, 0.4) is 0 Å². The van der Waals surface area contributed by atoms with Gasteiger partial charge < -0.3 is 15.3 Å². The molecule has 4 nitrogen and oxygen atoms in total. The fourth-order valence-corrected chi connectivity index (χ4v) is 2.22. The second-order valence-corrected chi connectivity index (χ2v) is 5.28. The predicted octanol–water partition coefficient (Wildman–Crippen LogP) is 3.45. The number of nitrogens with one attached hydrogen (secondary N) is 1. The fourth-order valence-electron chi connectivity index (χ4n) is 2.22. The standard InChI is InChI=1S/C18H22N2O2/c1-4-20(3)15-11-9-14(10-12-15)18(22)19-17-8-6-5-7-16(17)13(2)21/h5-13,21H,4H2,1-3H3,(H,19,22). The average molecular weight is 298 g/mol. The molecule has 1 amide bonds. The normalized spacial score (nSPS) is 11.8. The molecule has 0 aliphatic heterocycles. The van der Waals surface area contributed by atoms with E-state index in [4.69, 9.17) is 0 Å². The zero-order valence-electron chi connectivity index (χ0n) is 13.2. The van der Waals surface area contributed by atoms with Gasteiger partial charge in [-0.05, 0) is 44.2 Å². The molecule has 2 aromatic carbocycles. The number of aliphatic hydroxyl groups excluding tert-OH is 1. The number of hydrogen-bond donors (Lipinski definition) is 2.